The Morgan fingerprint density at radius 1 is 0.929 bits per heavy atom. The number of ether oxygens (including phenoxy) is 2. The lowest BCUT2D eigenvalue weighted by Crippen LogP contribution is -2.24. The molecule has 2 unspecified atom stereocenters. The van der Waals surface area contributed by atoms with E-state index < -0.39 is 0 Å². The normalized spacial score (nSPS) is 17.8. The van der Waals surface area contributed by atoms with Crippen molar-refractivity contribution in [3.05, 3.63) is 6.92 Å². The van der Waals surface area contributed by atoms with Crippen LogP contribution in [0.2, 0.25) is 0 Å². The Morgan fingerprint density at radius 3 is 1.57 bits per heavy atom. The van der Waals surface area contributed by atoms with Crippen molar-refractivity contribution in [1.29, 1.82) is 0 Å². The van der Waals surface area contributed by atoms with Crippen molar-refractivity contribution >= 4 is 0 Å². The number of rotatable bonds is 8. The topological polar surface area (TPSA) is 18.5 Å². The SMILES string of the molecule is [CH2]C(OC(C)CCC)OC(C)CCC. The van der Waals surface area contributed by atoms with E-state index in [0.29, 0.717) is 0 Å². The van der Waals surface area contributed by atoms with Crippen LogP contribution in [0.4, 0.5) is 0 Å². The van der Waals surface area contributed by atoms with Crippen molar-refractivity contribution in [2.75, 3.05) is 0 Å². The standard InChI is InChI=1S/C12H25O2/c1-6-8-10(3)13-12(5)14-11(4)9-7-2/h10-12H,5-9H2,1-4H3. The summed E-state index contributed by atoms with van der Waals surface area (Å²) in [5.74, 6) is 0. The van der Waals surface area contributed by atoms with Gasteiger partial charge >= 0.3 is 0 Å². The zero-order chi connectivity index (χ0) is 11.0. The van der Waals surface area contributed by atoms with Crippen LogP contribution in [0, 0.1) is 6.92 Å². The van der Waals surface area contributed by atoms with Crippen LogP contribution in [0.1, 0.15) is 53.4 Å². The van der Waals surface area contributed by atoms with Gasteiger partial charge in [-0.05, 0) is 26.7 Å². The monoisotopic (exact) mass is 201 g/mol. The van der Waals surface area contributed by atoms with E-state index in [9.17, 15) is 0 Å². The quantitative estimate of drug-likeness (QED) is 0.559. The molecule has 0 aliphatic heterocycles. The smallest absolute Gasteiger partial charge is 0.158 e. The van der Waals surface area contributed by atoms with Crippen molar-refractivity contribution in [3.8, 4) is 0 Å². The van der Waals surface area contributed by atoms with Crippen molar-refractivity contribution in [2.45, 2.75) is 71.9 Å². The third-order valence-electron chi connectivity index (χ3n) is 2.16. The van der Waals surface area contributed by atoms with Gasteiger partial charge in [-0.25, -0.2) is 0 Å². The van der Waals surface area contributed by atoms with Gasteiger partial charge in [-0.15, -0.1) is 0 Å². The van der Waals surface area contributed by atoms with Gasteiger partial charge in [0, 0.05) is 6.92 Å². The molecule has 2 nitrogen and oxygen atoms in total. The summed E-state index contributed by atoms with van der Waals surface area (Å²) in [4.78, 5) is 0. The molecule has 0 amide bonds. The summed E-state index contributed by atoms with van der Waals surface area (Å²) >= 11 is 0. The van der Waals surface area contributed by atoms with Gasteiger partial charge in [0.15, 0.2) is 6.29 Å². The molecule has 0 aromatic heterocycles. The maximum Gasteiger partial charge on any atom is 0.158 e. The van der Waals surface area contributed by atoms with Gasteiger partial charge in [0.05, 0.1) is 12.2 Å². The van der Waals surface area contributed by atoms with Gasteiger partial charge in [-0.1, -0.05) is 26.7 Å². The molecule has 0 aliphatic rings. The molecule has 2 heteroatoms. The molecule has 1 radical (unpaired) electrons. The first-order chi connectivity index (χ1) is 6.60. The van der Waals surface area contributed by atoms with Crippen molar-refractivity contribution in [3.63, 3.8) is 0 Å². The second-order valence-electron chi connectivity index (χ2n) is 3.90. The van der Waals surface area contributed by atoms with Gasteiger partial charge in [0.1, 0.15) is 0 Å². The van der Waals surface area contributed by atoms with Crippen LogP contribution in [0.15, 0.2) is 0 Å². The lowest BCUT2D eigenvalue weighted by molar-refractivity contribution is -0.164. The lowest BCUT2D eigenvalue weighted by Gasteiger charge is -2.22. The third-order valence-corrected chi connectivity index (χ3v) is 2.16. The highest BCUT2D eigenvalue weighted by Gasteiger charge is 2.11. The van der Waals surface area contributed by atoms with Crippen molar-refractivity contribution in [2.24, 2.45) is 0 Å². The minimum atomic E-state index is -0.321. The predicted molar refractivity (Wildman–Crippen MR) is 60.1 cm³/mol. The van der Waals surface area contributed by atoms with Gasteiger partial charge in [-0.3, -0.25) is 0 Å². The van der Waals surface area contributed by atoms with Gasteiger partial charge in [0.25, 0.3) is 0 Å². The predicted octanol–water partition coefficient (Wildman–Crippen LogP) is 3.56. The Morgan fingerprint density at radius 2 is 1.29 bits per heavy atom. The second-order valence-corrected chi connectivity index (χ2v) is 3.90. The first kappa shape index (κ1) is 13.9. The molecule has 0 aliphatic carbocycles. The van der Waals surface area contributed by atoms with E-state index in [2.05, 4.69) is 34.6 Å². The summed E-state index contributed by atoms with van der Waals surface area (Å²) in [6.07, 6.45) is 4.58. The van der Waals surface area contributed by atoms with E-state index in [4.69, 9.17) is 9.47 Å². The van der Waals surface area contributed by atoms with E-state index in [-0.39, 0.29) is 18.5 Å². The van der Waals surface area contributed by atoms with Crippen LogP contribution >= 0.6 is 0 Å². The third kappa shape index (κ3) is 7.34. The maximum atomic E-state index is 5.57. The van der Waals surface area contributed by atoms with E-state index in [0.717, 1.165) is 25.7 Å². The highest BCUT2D eigenvalue weighted by atomic mass is 16.7. The summed E-state index contributed by atoms with van der Waals surface area (Å²) in [5.41, 5.74) is 0. The zero-order valence-electron chi connectivity index (χ0n) is 10.1. The Kier molecular flexibility index (Phi) is 8.20. The molecule has 0 fully saturated rings. The molecule has 0 rings (SSSR count). The molecule has 2 atom stereocenters. The fraction of sp³-hybridized carbons (Fsp3) is 0.917. The second kappa shape index (κ2) is 8.25. The fourth-order valence-corrected chi connectivity index (χ4v) is 1.50. The summed E-state index contributed by atoms with van der Waals surface area (Å²) in [7, 11) is 0. The van der Waals surface area contributed by atoms with Crippen LogP contribution in [-0.2, 0) is 9.47 Å². The molecule has 0 N–H and O–H groups in total. The fourth-order valence-electron chi connectivity index (χ4n) is 1.50. The average molecular weight is 201 g/mol. The average Bonchev–Trinajstić information content (AvgIpc) is 2.03. The lowest BCUT2D eigenvalue weighted by atomic mass is 10.2. The molecule has 85 valence electrons. The molecule has 0 heterocycles. The van der Waals surface area contributed by atoms with Crippen LogP contribution in [-0.4, -0.2) is 18.5 Å². The summed E-state index contributed by atoms with van der Waals surface area (Å²) in [6.45, 7) is 12.3. The largest absolute Gasteiger partial charge is 0.350 e. The molecule has 0 aromatic rings. The highest BCUT2D eigenvalue weighted by Crippen LogP contribution is 2.09. The first-order valence-corrected chi connectivity index (χ1v) is 5.74. The Balaban J connectivity index is 3.57. The van der Waals surface area contributed by atoms with Crippen molar-refractivity contribution in [1.82, 2.24) is 0 Å². The molecular formula is C12H25O2. The van der Waals surface area contributed by atoms with Crippen molar-refractivity contribution < 1.29 is 9.47 Å². The van der Waals surface area contributed by atoms with E-state index in [1.165, 1.54) is 0 Å². The van der Waals surface area contributed by atoms with E-state index >= 15 is 0 Å². The highest BCUT2D eigenvalue weighted by molar-refractivity contribution is 4.56. The minimum Gasteiger partial charge on any atom is -0.350 e. The summed E-state index contributed by atoms with van der Waals surface area (Å²) in [6, 6.07) is 0. The Hall–Kier alpha value is -0.0800. The Bertz CT molecular complexity index is 111. The molecule has 0 saturated heterocycles. The minimum absolute atomic E-state index is 0.247. The van der Waals surface area contributed by atoms with E-state index in [1.54, 1.807) is 0 Å². The van der Waals surface area contributed by atoms with Crippen LogP contribution in [0.5, 0.6) is 0 Å². The molecular weight excluding hydrogens is 176 g/mol. The maximum absolute atomic E-state index is 5.57. The molecule has 0 spiro atoms. The molecule has 0 aromatic carbocycles. The molecule has 0 bridgehead atoms. The number of hydrogen-bond acceptors (Lipinski definition) is 2. The van der Waals surface area contributed by atoms with Crippen LogP contribution in [0.3, 0.4) is 0 Å². The zero-order valence-corrected chi connectivity index (χ0v) is 10.1. The van der Waals surface area contributed by atoms with E-state index in [1.807, 2.05) is 0 Å². The van der Waals surface area contributed by atoms with Crippen LogP contribution in [0.25, 0.3) is 0 Å². The summed E-state index contributed by atoms with van der Waals surface area (Å²) in [5, 5.41) is 0. The molecule has 0 saturated carbocycles. The van der Waals surface area contributed by atoms with Gasteiger partial charge in [-0.2, -0.15) is 0 Å². The summed E-state index contributed by atoms with van der Waals surface area (Å²) < 4.78 is 11.1. The number of hydrogen-bond donors (Lipinski definition) is 0. The van der Waals surface area contributed by atoms with Gasteiger partial charge < -0.3 is 9.47 Å². The van der Waals surface area contributed by atoms with Gasteiger partial charge in [0.2, 0.25) is 0 Å². The van der Waals surface area contributed by atoms with Crippen LogP contribution < -0.4 is 0 Å². The molecule has 14 heavy (non-hydrogen) atoms. The first-order valence-electron chi connectivity index (χ1n) is 5.74. The Labute approximate surface area is 89.0 Å².